The molecule has 1 amide bonds. The number of hydrogen-bond donors (Lipinski definition) is 1. The van der Waals surface area contributed by atoms with Crippen LogP contribution in [-0.2, 0) is 0 Å². The first-order chi connectivity index (χ1) is 9.79. The molecule has 1 N–H and O–H groups in total. The van der Waals surface area contributed by atoms with E-state index < -0.39 is 24.2 Å². The summed E-state index contributed by atoms with van der Waals surface area (Å²) in [4.78, 5) is 15.9. The van der Waals surface area contributed by atoms with E-state index in [0.29, 0.717) is 6.42 Å². The first-order valence-electron chi connectivity index (χ1n) is 6.40. The standard InChI is InChI=1S/C13H14F3N3O2/c1-2-5-9-8-12(21,13(14,15)16)19(18-9)11(20)10-6-3-4-7-17-10/h3-4,6-7,21H,2,5,8H2,1H3/t12-/m0/s1. The van der Waals surface area contributed by atoms with Crippen LogP contribution in [-0.4, -0.2) is 38.6 Å². The zero-order chi connectivity index (χ0) is 15.7. The summed E-state index contributed by atoms with van der Waals surface area (Å²) in [5.74, 6) is -1.08. The number of halogens is 3. The Bertz CT molecular complexity index is 560. The third-order valence-corrected chi connectivity index (χ3v) is 3.11. The number of alkyl halides is 3. The van der Waals surface area contributed by atoms with Gasteiger partial charge in [-0.25, -0.2) is 0 Å². The molecular weight excluding hydrogens is 287 g/mol. The number of hydrogen-bond acceptors (Lipinski definition) is 4. The van der Waals surface area contributed by atoms with Crippen LogP contribution in [0, 0.1) is 0 Å². The molecule has 0 aromatic carbocycles. The van der Waals surface area contributed by atoms with Crippen LogP contribution in [0.15, 0.2) is 29.5 Å². The van der Waals surface area contributed by atoms with Crippen molar-refractivity contribution < 1.29 is 23.1 Å². The summed E-state index contributed by atoms with van der Waals surface area (Å²) in [5, 5.41) is 13.7. The van der Waals surface area contributed by atoms with Gasteiger partial charge >= 0.3 is 6.18 Å². The number of nitrogens with zero attached hydrogens (tertiary/aromatic N) is 3. The van der Waals surface area contributed by atoms with Crippen LogP contribution in [0.3, 0.4) is 0 Å². The third-order valence-electron chi connectivity index (χ3n) is 3.11. The first kappa shape index (κ1) is 15.4. The molecule has 0 unspecified atom stereocenters. The molecule has 1 aromatic rings. The summed E-state index contributed by atoms with van der Waals surface area (Å²) < 4.78 is 39.4. The molecule has 0 fully saturated rings. The van der Waals surface area contributed by atoms with E-state index in [-0.39, 0.29) is 22.8 Å². The van der Waals surface area contributed by atoms with Gasteiger partial charge in [0.15, 0.2) is 0 Å². The van der Waals surface area contributed by atoms with Gasteiger partial charge in [-0.3, -0.25) is 9.78 Å². The Morgan fingerprint density at radius 1 is 1.48 bits per heavy atom. The molecule has 1 aliphatic rings. The highest BCUT2D eigenvalue weighted by Crippen LogP contribution is 2.41. The zero-order valence-corrected chi connectivity index (χ0v) is 11.3. The van der Waals surface area contributed by atoms with Crippen molar-refractivity contribution in [3.05, 3.63) is 30.1 Å². The molecule has 0 spiro atoms. The van der Waals surface area contributed by atoms with Gasteiger partial charge in [0.25, 0.3) is 11.6 Å². The molecule has 1 atom stereocenters. The molecule has 21 heavy (non-hydrogen) atoms. The van der Waals surface area contributed by atoms with E-state index in [2.05, 4.69) is 10.1 Å². The van der Waals surface area contributed by atoms with Crippen molar-refractivity contribution >= 4 is 11.6 Å². The van der Waals surface area contributed by atoms with Gasteiger partial charge in [0.2, 0.25) is 0 Å². The topological polar surface area (TPSA) is 65.8 Å². The number of hydrazone groups is 1. The molecule has 1 aliphatic heterocycles. The predicted octanol–water partition coefficient (Wildman–Crippen LogP) is 2.33. The van der Waals surface area contributed by atoms with Crippen molar-refractivity contribution in [1.82, 2.24) is 9.99 Å². The smallest absolute Gasteiger partial charge is 0.362 e. The molecule has 2 rings (SSSR count). The van der Waals surface area contributed by atoms with Crippen LogP contribution < -0.4 is 0 Å². The van der Waals surface area contributed by atoms with E-state index in [0.717, 1.165) is 0 Å². The second kappa shape index (κ2) is 5.44. The number of carbonyl (C=O) groups is 1. The zero-order valence-electron chi connectivity index (χ0n) is 11.3. The van der Waals surface area contributed by atoms with Crippen molar-refractivity contribution in [3.8, 4) is 0 Å². The lowest BCUT2D eigenvalue weighted by Gasteiger charge is -2.32. The van der Waals surface area contributed by atoms with E-state index in [1.54, 1.807) is 6.92 Å². The number of aliphatic hydroxyl groups is 1. The molecule has 114 valence electrons. The lowest BCUT2D eigenvalue weighted by molar-refractivity contribution is -0.297. The highest BCUT2D eigenvalue weighted by molar-refractivity contribution is 5.97. The Labute approximate surface area is 119 Å². The minimum atomic E-state index is -5.00. The van der Waals surface area contributed by atoms with E-state index in [4.69, 9.17) is 0 Å². The molecule has 2 heterocycles. The lowest BCUT2D eigenvalue weighted by atomic mass is 10.0. The Morgan fingerprint density at radius 2 is 2.19 bits per heavy atom. The number of carbonyl (C=O) groups excluding carboxylic acids is 1. The predicted molar refractivity (Wildman–Crippen MR) is 68.4 cm³/mol. The van der Waals surface area contributed by atoms with Crippen LogP contribution in [0.5, 0.6) is 0 Å². The Balaban J connectivity index is 2.39. The summed E-state index contributed by atoms with van der Waals surface area (Å²) in [6, 6.07) is 4.27. The fraction of sp³-hybridized carbons (Fsp3) is 0.462. The van der Waals surface area contributed by atoms with Crippen LogP contribution in [0.25, 0.3) is 0 Å². The van der Waals surface area contributed by atoms with Crippen LogP contribution in [0.2, 0.25) is 0 Å². The van der Waals surface area contributed by atoms with Gasteiger partial charge in [-0.15, -0.1) is 0 Å². The van der Waals surface area contributed by atoms with Gasteiger partial charge in [0.1, 0.15) is 5.69 Å². The minimum Gasteiger partial charge on any atom is -0.362 e. The molecule has 0 aliphatic carbocycles. The second-order valence-corrected chi connectivity index (χ2v) is 4.74. The molecule has 0 saturated heterocycles. The quantitative estimate of drug-likeness (QED) is 0.932. The van der Waals surface area contributed by atoms with Crippen molar-refractivity contribution in [2.45, 2.75) is 38.1 Å². The van der Waals surface area contributed by atoms with Gasteiger partial charge in [0.05, 0.1) is 0 Å². The molecule has 0 saturated carbocycles. The van der Waals surface area contributed by atoms with Crippen molar-refractivity contribution in [2.75, 3.05) is 0 Å². The molecule has 1 aromatic heterocycles. The first-order valence-corrected chi connectivity index (χ1v) is 6.40. The van der Waals surface area contributed by atoms with Gasteiger partial charge in [0, 0.05) is 18.3 Å². The molecule has 0 radical (unpaired) electrons. The molecule has 8 heteroatoms. The summed E-state index contributed by atoms with van der Waals surface area (Å²) in [6.07, 6.45) is -3.60. The van der Waals surface area contributed by atoms with Gasteiger partial charge in [-0.2, -0.15) is 23.3 Å². The van der Waals surface area contributed by atoms with Gasteiger partial charge in [-0.05, 0) is 18.6 Å². The van der Waals surface area contributed by atoms with Crippen molar-refractivity contribution in [3.63, 3.8) is 0 Å². The Hall–Kier alpha value is -1.96. The van der Waals surface area contributed by atoms with Crippen LogP contribution in [0.1, 0.15) is 36.7 Å². The van der Waals surface area contributed by atoms with E-state index in [9.17, 15) is 23.1 Å². The van der Waals surface area contributed by atoms with Crippen molar-refractivity contribution in [2.24, 2.45) is 5.10 Å². The fourth-order valence-corrected chi connectivity index (χ4v) is 2.08. The summed E-state index contributed by atoms with van der Waals surface area (Å²) in [6.45, 7) is 1.78. The Kier molecular flexibility index (Phi) is 3.99. The Morgan fingerprint density at radius 3 is 2.71 bits per heavy atom. The second-order valence-electron chi connectivity index (χ2n) is 4.74. The third kappa shape index (κ3) is 2.76. The number of amides is 1. The van der Waals surface area contributed by atoms with E-state index >= 15 is 0 Å². The van der Waals surface area contributed by atoms with Gasteiger partial charge in [-0.1, -0.05) is 19.4 Å². The van der Waals surface area contributed by atoms with Crippen LogP contribution in [0.4, 0.5) is 13.2 Å². The average Bonchev–Trinajstić information content (AvgIpc) is 2.77. The monoisotopic (exact) mass is 301 g/mol. The SMILES string of the molecule is CCCC1=NN(C(=O)c2ccccn2)[C@@](O)(C(F)(F)F)C1. The highest BCUT2D eigenvalue weighted by atomic mass is 19.4. The molecular formula is C13H14F3N3O2. The van der Waals surface area contributed by atoms with E-state index in [1.807, 2.05) is 0 Å². The van der Waals surface area contributed by atoms with E-state index in [1.165, 1.54) is 24.4 Å². The summed E-state index contributed by atoms with van der Waals surface area (Å²) in [5.41, 5.74) is -3.38. The number of pyridine rings is 1. The lowest BCUT2D eigenvalue weighted by Crippen LogP contribution is -2.56. The maximum absolute atomic E-state index is 13.1. The molecule has 5 nitrogen and oxygen atoms in total. The summed E-state index contributed by atoms with van der Waals surface area (Å²) >= 11 is 0. The largest absolute Gasteiger partial charge is 0.438 e. The number of aromatic nitrogens is 1. The maximum Gasteiger partial charge on any atom is 0.438 e. The minimum absolute atomic E-state index is 0.0975. The van der Waals surface area contributed by atoms with Crippen molar-refractivity contribution in [1.29, 1.82) is 0 Å². The van der Waals surface area contributed by atoms with Crippen LogP contribution >= 0.6 is 0 Å². The fourth-order valence-electron chi connectivity index (χ4n) is 2.08. The van der Waals surface area contributed by atoms with Gasteiger partial charge < -0.3 is 5.11 Å². The average molecular weight is 301 g/mol. The highest BCUT2D eigenvalue weighted by Gasteiger charge is 2.63. The normalized spacial score (nSPS) is 22.3. The maximum atomic E-state index is 13.1. The number of rotatable bonds is 3. The molecule has 0 bridgehead atoms. The summed E-state index contributed by atoms with van der Waals surface area (Å²) in [7, 11) is 0.